The van der Waals surface area contributed by atoms with Gasteiger partial charge in [-0.1, -0.05) is 17.3 Å². The first-order valence-electron chi connectivity index (χ1n) is 10.7. The quantitative estimate of drug-likeness (QED) is 0.591. The summed E-state index contributed by atoms with van der Waals surface area (Å²) in [4.78, 5) is 30.5. The number of carbonyl (C=O) groups excluding carboxylic acids is 1. The van der Waals surface area contributed by atoms with Crippen LogP contribution in [0.5, 0.6) is 0 Å². The molecule has 2 aromatic rings. The van der Waals surface area contributed by atoms with E-state index in [1.807, 2.05) is 0 Å². The lowest BCUT2D eigenvalue weighted by Crippen LogP contribution is -2.47. The van der Waals surface area contributed by atoms with Gasteiger partial charge < -0.3 is 19.7 Å². The highest BCUT2D eigenvalue weighted by Gasteiger charge is 2.50. The summed E-state index contributed by atoms with van der Waals surface area (Å²) in [6.45, 7) is 2.10. The molecular formula is C23H23F3N4O5. The summed E-state index contributed by atoms with van der Waals surface area (Å²) in [5, 5.41) is 16.4. The number of carboxylic acid groups (broad SMARTS) is 1. The van der Waals surface area contributed by atoms with Crippen molar-refractivity contribution in [2.45, 2.75) is 37.8 Å². The second-order valence-corrected chi connectivity index (χ2v) is 8.65. The number of methoxy groups -OCH3 is 1. The molecule has 0 amide bonds. The molecule has 1 unspecified atom stereocenters. The van der Waals surface area contributed by atoms with E-state index in [0.717, 1.165) is 12.0 Å². The molecule has 1 fully saturated rings. The first-order valence-corrected chi connectivity index (χ1v) is 10.7. The Morgan fingerprint density at radius 3 is 2.57 bits per heavy atom. The van der Waals surface area contributed by atoms with Gasteiger partial charge in [0.2, 0.25) is 0 Å². The molecule has 2 N–H and O–H groups in total. The van der Waals surface area contributed by atoms with Crippen molar-refractivity contribution in [1.82, 2.24) is 15.4 Å². The number of nitrogens with one attached hydrogen (secondary N) is 1. The molecule has 9 nitrogen and oxygen atoms in total. The third-order valence-electron chi connectivity index (χ3n) is 6.07. The predicted molar refractivity (Wildman–Crippen MR) is 116 cm³/mol. The minimum atomic E-state index is -3.22. The van der Waals surface area contributed by atoms with E-state index in [-0.39, 0.29) is 29.3 Å². The van der Waals surface area contributed by atoms with E-state index in [9.17, 15) is 27.9 Å². The number of amidine groups is 1. The summed E-state index contributed by atoms with van der Waals surface area (Å²) in [5.41, 5.74) is -0.686. The molecule has 0 saturated carbocycles. The highest BCUT2D eigenvalue weighted by molar-refractivity contribution is 6.03. The second kappa shape index (κ2) is 8.84. The Kier molecular flexibility index (Phi) is 6.18. The molecule has 2 atom stereocenters. The van der Waals surface area contributed by atoms with Gasteiger partial charge in [-0.05, 0) is 31.5 Å². The van der Waals surface area contributed by atoms with Crippen LogP contribution in [0.1, 0.15) is 30.4 Å². The van der Waals surface area contributed by atoms with E-state index in [4.69, 9.17) is 9.26 Å². The molecule has 35 heavy (non-hydrogen) atoms. The van der Waals surface area contributed by atoms with Crippen LogP contribution in [-0.2, 0) is 19.9 Å². The van der Waals surface area contributed by atoms with Crippen LogP contribution in [-0.4, -0.2) is 65.1 Å². The Labute approximate surface area is 198 Å². The maximum Gasteiger partial charge on any atom is 0.338 e. The highest BCUT2D eigenvalue weighted by Crippen LogP contribution is 2.40. The average molecular weight is 492 g/mol. The zero-order chi connectivity index (χ0) is 25.5. The van der Waals surface area contributed by atoms with Crippen molar-refractivity contribution >= 4 is 17.8 Å². The molecule has 0 aliphatic carbocycles. The maximum absolute atomic E-state index is 14.2. The van der Waals surface area contributed by atoms with Crippen LogP contribution in [0.2, 0.25) is 0 Å². The molecular weight excluding hydrogens is 469 g/mol. The number of ether oxygens (including phenoxy) is 1. The van der Waals surface area contributed by atoms with E-state index in [2.05, 4.69) is 15.5 Å². The summed E-state index contributed by atoms with van der Waals surface area (Å²) in [5.74, 6) is -5.30. The molecule has 0 bridgehead atoms. The lowest BCUT2D eigenvalue weighted by atomic mass is 9.82. The minimum absolute atomic E-state index is 0.0325. The topological polar surface area (TPSA) is 117 Å². The molecule has 0 spiro atoms. The second-order valence-electron chi connectivity index (χ2n) is 8.65. The number of aromatic nitrogens is 1. The number of aliphatic carboxylic acids is 1. The fourth-order valence-corrected chi connectivity index (χ4v) is 4.43. The van der Waals surface area contributed by atoms with Crippen LogP contribution >= 0.6 is 0 Å². The van der Waals surface area contributed by atoms with Crippen molar-refractivity contribution < 1.29 is 37.1 Å². The van der Waals surface area contributed by atoms with Gasteiger partial charge in [-0.2, -0.15) is 0 Å². The van der Waals surface area contributed by atoms with E-state index in [1.165, 1.54) is 24.3 Å². The molecule has 1 aromatic carbocycles. The van der Waals surface area contributed by atoms with Gasteiger partial charge in [0.25, 0.3) is 5.92 Å². The molecule has 4 rings (SSSR count). The van der Waals surface area contributed by atoms with Crippen LogP contribution in [0.25, 0.3) is 0 Å². The Morgan fingerprint density at radius 1 is 1.31 bits per heavy atom. The third kappa shape index (κ3) is 4.65. The number of aliphatic imine (C=N–C) groups is 1. The fourth-order valence-electron chi connectivity index (χ4n) is 4.43. The SMILES string of the molecule is COC(=O)C1=C(CN2CC(F)(F)C[C@H]2C(=O)O)NC(c2cc(C)on2)=NC1(C)c1ccc(F)cc1. The van der Waals surface area contributed by atoms with Gasteiger partial charge >= 0.3 is 11.9 Å². The van der Waals surface area contributed by atoms with Crippen molar-refractivity contribution in [2.75, 3.05) is 20.2 Å². The Balaban J connectivity index is 1.87. The standard InChI is InChI=1S/C23H23F3N4O5/c1-12-8-15(29-35-12)19-27-16(10-30-11-23(25,26)9-17(30)20(31)32)18(21(33)34-3)22(2,28-19)13-4-6-14(24)7-5-13/h4-8,17H,9-11H2,1-3H3,(H,27,28)(H,31,32)/t17-,22?/m0/s1. The van der Waals surface area contributed by atoms with Crippen LogP contribution < -0.4 is 5.32 Å². The number of nitrogens with zero attached hydrogens (tertiary/aromatic N) is 3. The first kappa shape index (κ1) is 24.5. The summed E-state index contributed by atoms with van der Waals surface area (Å²) in [6, 6.07) is 5.41. The molecule has 186 valence electrons. The van der Waals surface area contributed by atoms with Gasteiger partial charge in [-0.15, -0.1) is 0 Å². The lowest BCUT2D eigenvalue weighted by molar-refractivity contribution is -0.142. The summed E-state index contributed by atoms with van der Waals surface area (Å²) < 4.78 is 52.1. The zero-order valence-electron chi connectivity index (χ0n) is 19.1. The number of hydrogen-bond acceptors (Lipinski definition) is 8. The number of hydrogen-bond donors (Lipinski definition) is 2. The highest BCUT2D eigenvalue weighted by atomic mass is 19.3. The zero-order valence-corrected chi connectivity index (χ0v) is 19.1. The maximum atomic E-state index is 14.2. The Hall–Kier alpha value is -3.67. The predicted octanol–water partition coefficient (Wildman–Crippen LogP) is 2.61. The van der Waals surface area contributed by atoms with Crippen molar-refractivity contribution in [3.05, 3.63) is 64.4 Å². The van der Waals surface area contributed by atoms with Gasteiger partial charge in [0, 0.05) is 24.7 Å². The average Bonchev–Trinajstić information content (AvgIpc) is 3.35. The van der Waals surface area contributed by atoms with Gasteiger partial charge in [0.15, 0.2) is 5.84 Å². The number of halogens is 3. The number of esters is 1. The van der Waals surface area contributed by atoms with Gasteiger partial charge in [-0.3, -0.25) is 9.69 Å². The molecule has 3 heterocycles. The first-order chi connectivity index (χ1) is 16.4. The molecule has 12 heteroatoms. The number of alkyl halides is 2. The van der Waals surface area contributed by atoms with Gasteiger partial charge in [0.1, 0.15) is 28.9 Å². The van der Waals surface area contributed by atoms with Crippen LogP contribution in [0, 0.1) is 12.7 Å². The summed E-state index contributed by atoms with van der Waals surface area (Å²) >= 11 is 0. The summed E-state index contributed by atoms with van der Waals surface area (Å²) in [6.07, 6.45) is -0.859. The minimum Gasteiger partial charge on any atom is -0.480 e. The van der Waals surface area contributed by atoms with E-state index in [0.29, 0.717) is 11.3 Å². The normalized spacial score (nSPS) is 24.2. The van der Waals surface area contributed by atoms with E-state index >= 15 is 0 Å². The van der Waals surface area contributed by atoms with Crippen molar-refractivity contribution in [3.8, 4) is 0 Å². The smallest absolute Gasteiger partial charge is 0.338 e. The molecule has 2 aliphatic rings. The van der Waals surface area contributed by atoms with Crippen molar-refractivity contribution in [3.63, 3.8) is 0 Å². The Morgan fingerprint density at radius 2 is 2.00 bits per heavy atom. The van der Waals surface area contributed by atoms with E-state index < -0.39 is 48.2 Å². The van der Waals surface area contributed by atoms with Crippen LogP contribution in [0.15, 0.2) is 51.1 Å². The lowest BCUT2D eigenvalue weighted by Gasteiger charge is -2.36. The summed E-state index contributed by atoms with van der Waals surface area (Å²) in [7, 11) is 1.16. The monoisotopic (exact) mass is 492 g/mol. The van der Waals surface area contributed by atoms with Crippen LogP contribution in [0.3, 0.4) is 0 Å². The Bertz CT molecular complexity index is 1220. The number of rotatable bonds is 6. The number of benzene rings is 1. The van der Waals surface area contributed by atoms with E-state index in [1.54, 1.807) is 19.9 Å². The molecule has 1 aromatic heterocycles. The van der Waals surface area contributed by atoms with Crippen LogP contribution in [0.4, 0.5) is 13.2 Å². The van der Waals surface area contributed by atoms with Gasteiger partial charge in [-0.25, -0.2) is 23.0 Å². The molecule has 2 aliphatic heterocycles. The van der Waals surface area contributed by atoms with Crippen molar-refractivity contribution in [2.24, 2.45) is 4.99 Å². The molecule has 1 saturated heterocycles. The number of carbonyl (C=O) groups is 2. The molecule has 0 radical (unpaired) electrons. The van der Waals surface area contributed by atoms with Crippen molar-refractivity contribution in [1.29, 1.82) is 0 Å². The largest absolute Gasteiger partial charge is 0.480 e. The number of likely N-dealkylation sites (tertiary alicyclic amines) is 1. The van der Waals surface area contributed by atoms with Gasteiger partial charge in [0.05, 0.1) is 19.2 Å². The number of carboxylic acids is 1. The fraction of sp³-hybridized carbons (Fsp3) is 0.391. The number of aryl methyl sites for hydroxylation is 1. The third-order valence-corrected chi connectivity index (χ3v) is 6.07.